The van der Waals surface area contributed by atoms with Gasteiger partial charge in [-0.15, -0.1) is 4.36 Å². The maximum atomic E-state index is 14.8. The number of nitrogens with zero attached hydrogens (tertiary/aromatic N) is 4. The van der Waals surface area contributed by atoms with Crippen LogP contribution in [0.4, 0.5) is 5.69 Å². The van der Waals surface area contributed by atoms with Crippen LogP contribution in [0.15, 0.2) is 65.2 Å². The SMILES string of the molecule is CCn1ccc(CCC(=O)NS2(=O)=NC(=O)c3ccc4c(c3)N(C[C@@H]3CC[C@H]3[C@@H](OC)/C=C\C[C@H](C)[C@H]2C)C[C@@]2(CCCc3cc(Cl)ccc32)CO4)n1. The molecule has 10 nitrogen and oxygen atoms in total. The smallest absolute Gasteiger partial charge is 0.286 e. The van der Waals surface area contributed by atoms with Crippen molar-refractivity contribution in [3.8, 4) is 5.75 Å². The summed E-state index contributed by atoms with van der Waals surface area (Å²) in [5.41, 5.74) is 4.20. The average molecular weight is 762 g/mol. The lowest BCUT2D eigenvalue weighted by Gasteiger charge is -2.46. The second-order valence-corrected chi connectivity index (χ2v) is 18.2. The second-order valence-electron chi connectivity index (χ2n) is 15.5. The molecular weight excluding hydrogens is 710 g/mol. The van der Waals surface area contributed by atoms with Crippen LogP contribution in [0.5, 0.6) is 5.75 Å². The second kappa shape index (κ2) is 15.6. The van der Waals surface area contributed by atoms with Gasteiger partial charge in [0.1, 0.15) is 15.7 Å². The molecule has 2 aromatic carbocycles. The number of carbonyl (C=O) groups is 2. The van der Waals surface area contributed by atoms with Crippen LogP contribution in [-0.4, -0.2) is 64.0 Å². The van der Waals surface area contributed by atoms with E-state index in [9.17, 15) is 13.8 Å². The van der Waals surface area contributed by atoms with Crippen molar-refractivity contribution in [2.75, 3.05) is 31.7 Å². The zero-order valence-electron chi connectivity index (χ0n) is 31.3. The number of anilines is 1. The van der Waals surface area contributed by atoms with Gasteiger partial charge < -0.3 is 14.4 Å². The summed E-state index contributed by atoms with van der Waals surface area (Å²) in [7, 11) is -1.77. The van der Waals surface area contributed by atoms with Gasteiger partial charge in [-0.05, 0) is 118 Å². The zero-order chi connectivity index (χ0) is 37.3. The van der Waals surface area contributed by atoms with E-state index in [2.05, 4.69) is 43.4 Å². The largest absolute Gasteiger partial charge is 0.490 e. The van der Waals surface area contributed by atoms with Crippen LogP contribution < -0.4 is 14.4 Å². The quantitative estimate of drug-likeness (QED) is 0.262. The summed E-state index contributed by atoms with van der Waals surface area (Å²) in [6, 6.07) is 13.5. The predicted molar refractivity (Wildman–Crippen MR) is 209 cm³/mol. The summed E-state index contributed by atoms with van der Waals surface area (Å²) >= 11 is 6.47. The van der Waals surface area contributed by atoms with Crippen LogP contribution in [0, 0.1) is 17.8 Å². The molecule has 12 heteroatoms. The Bertz CT molecular complexity index is 2010. The van der Waals surface area contributed by atoms with E-state index in [1.54, 1.807) is 24.8 Å². The minimum absolute atomic E-state index is 0.0591. The molecule has 1 spiro atoms. The number of methoxy groups -OCH3 is 1. The normalized spacial score (nSPS) is 30.5. The monoisotopic (exact) mass is 761 g/mol. The first kappa shape index (κ1) is 37.6. The minimum atomic E-state index is -3.55. The van der Waals surface area contributed by atoms with Gasteiger partial charge in [0.05, 0.1) is 29.3 Å². The van der Waals surface area contributed by atoms with Crippen LogP contribution in [0.25, 0.3) is 0 Å². The highest BCUT2D eigenvalue weighted by Gasteiger charge is 2.44. The first-order valence-corrected chi connectivity index (χ1v) is 21.1. The zero-order valence-corrected chi connectivity index (χ0v) is 32.8. The van der Waals surface area contributed by atoms with E-state index in [0.717, 1.165) is 68.1 Å². The molecule has 4 aliphatic rings. The fourth-order valence-electron chi connectivity index (χ4n) is 8.66. The van der Waals surface area contributed by atoms with Crippen molar-refractivity contribution in [1.29, 1.82) is 0 Å². The lowest BCUT2D eigenvalue weighted by atomic mass is 9.68. The van der Waals surface area contributed by atoms with Crippen molar-refractivity contribution < 1.29 is 23.3 Å². The molecule has 1 N–H and O–H groups in total. The number of rotatable bonds is 6. The number of hydrogen-bond donors (Lipinski definition) is 1. The third-order valence-electron chi connectivity index (χ3n) is 12.2. The molecule has 2 amide bonds. The highest BCUT2D eigenvalue weighted by atomic mass is 35.5. The van der Waals surface area contributed by atoms with Gasteiger partial charge in [0.15, 0.2) is 0 Å². The molecule has 2 aliphatic carbocycles. The van der Waals surface area contributed by atoms with Crippen LogP contribution in [0.2, 0.25) is 5.02 Å². The van der Waals surface area contributed by atoms with Gasteiger partial charge >= 0.3 is 0 Å². The lowest BCUT2D eigenvalue weighted by molar-refractivity contribution is -0.119. The number of aryl methyl sites for hydroxylation is 3. The third kappa shape index (κ3) is 7.80. The molecule has 53 heavy (non-hydrogen) atoms. The van der Waals surface area contributed by atoms with Crippen molar-refractivity contribution in [1.82, 2.24) is 14.5 Å². The number of carbonyl (C=O) groups excluding carboxylic acids is 2. The molecule has 7 rings (SSSR count). The number of aromatic nitrogens is 2. The van der Waals surface area contributed by atoms with E-state index < -0.39 is 27.0 Å². The summed E-state index contributed by atoms with van der Waals surface area (Å²) in [6.07, 6.45) is 12.3. The van der Waals surface area contributed by atoms with E-state index in [1.165, 1.54) is 11.1 Å². The molecule has 7 atom stereocenters. The Labute approximate surface area is 319 Å². The van der Waals surface area contributed by atoms with Gasteiger partial charge in [-0.2, -0.15) is 5.10 Å². The molecule has 1 unspecified atom stereocenters. The van der Waals surface area contributed by atoms with Gasteiger partial charge in [-0.1, -0.05) is 36.7 Å². The van der Waals surface area contributed by atoms with Gasteiger partial charge in [-0.25, -0.2) is 4.21 Å². The number of amides is 2. The Balaban J connectivity index is 1.26. The summed E-state index contributed by atoms with van der Waals surface area (Å²) in [5, 5.41) is 4.59. The summed E-state index contributed by atoms with van der Waals surface area (Å²) < 4.78 is 36.5. The fraction of sp³-hybridized carbons (Fsp3) is 0.537. The van der Waals surface area contributed by atoms with Gasteiger partial charge in [0, 0.05) is 61.8 Å². The Morgan fingerprint density at radius 3 is 2.77 bits per heavy atom. The number of allylic oxidation sites excluding steroid dienone is 1. The molecule has 1 aromatic heterocycles. The maximum absolute atomic E-state index is 14.8. The highest BCUT2D eigenvalue weighted by Crippen LogP contribution is 2.47. The maximum Gasteiger partial charge on any atom is 0.286 e. The van der Waals surface area contributed by atoms with Crippen molar-refractivity contribution in [2.45, 2.75) is 95.5 Å². The van der Waals surface area contributed by atoms with Crippen LogP contribution >= 0.6 is 11.6 Å². The standard InChI is InChI=1S/C41H52ClN5O5S/c1-5-47-21-19-33(43-47)14-18-39(48)44-53(50)28(3)27(2)8-6-10-37(51-4)34-15-11-31(34)24-46-25-41(20-7-9-29-22-32(42)13-16-35(29)41)26-52-38-17-12-30(23-36(38)46)40(49)45-53/h6,10,12-13,16-17,19,21-23,27-28,31,34,37H,5,7-9,11,14-15,18,20,24-26H2,1-4H3,(H,44,45,48,49,50)/b10-6-/t27-,28+,31-,34+,37-,41-,53?/m0/s1. The number of ether oxygens (including phenoxy) is 2. The van der Waals surface area contributed by atoms with Crippen molar-refractivity contribution >= 4 is 39.0 Å². The van der Waals surface area contributed by atoms with E-state index >= 15 is 0 Å². The summed E-state index contributed by atoms with van der Waals surface area (Å²) in [5.74, 6) is 0.223. The Kier molecular flexibility index (Phi) is 11.1. The number of fused-ring (bicyclic) bond motifs is 4. The molecule has 0 radical (unpaired) electrons. The average Bonchev–Trinajstić information content (AvgIpc) is 3.55. The first-order valence-electron chi connectivity index (χ1n) is 19.1. The van der Waals surface area contributed by atoms with E-state index in [1.807, 2.05) is 44.3 Å². The Morgan fingerprint density at radius 1 is 1.17 bits per heavy atom. The molecule has 2 aliphatic heterocycles. The molecule has 1 fully saturated rings. The third-order valence-corrected chi connectivity index (χ3v) is 14.8. The summed E-state index contributed by atoms with van der Waals surface area (Å²) in [4.78, 5) is 29.9. The van der Waals surface area contributed by atoms with Crippen molar-refractivity contribution in [2.24, 2.45) is 22.1 Å². The van der Waals surface area contributed by atoms with Crippen LogP contribution in [0.3, 0.4) is 0 Å². The topological polar surface area (TPSA) is 115 Å². The first-order chi connectivity index (χ1) is 25.5. The number of halogens is 1. The van der Waals surface area contributed by atoms with Crippen molar-refractivity contribution in [3.63, 3.8) is 0 Å². The highest BCUT2D eigenvalue weighted by molar-refractivity contribution is 7.93. The molecule has 1 saturated carbocycles. The molecular formula is C41H52ClN5O5S. The molecule has 2 bridgehead atoms. The Morgan fingerprint density at radius 2 is 2.02 bits per heavy atom. The van der Waals surface area contributed by atoms with E-state index in [0.29, 0.717) is 42.6 Å². The minimum Gasteiger partial charge on any atom is -0.490 e. The number of hydrogen-bond acceptors (Lipinski definition) is 7. The number of nitrogens with one attached hydrogen (secondary N) is 1. The van der Waals surface area contributed by atoms with Gasteiger partial charge in [-0.3, -0.25) is 19.0 Å². The molecule has 3 heterocycles. The van der Waals surface area contributed by atoms with E-state index in [4.69, 9.17) is 21.1 Å². The van der Waals surface area contributed by atoms with Gasteiger partial charge in [0.2, 0.25) is 5.91 Å². The summed E-state index contributed by atoms with van der Waals surface area (Å²) in [6.45, 7) is 8.53. The van der Waals surface area contributed by atoms with Crippen LogP contribution in [-0.2, 0) is 44.2 Å². The lowest BCUT2D eigenvalue weighted by Crippen LogP contribution is -2.49. The molecule has 3 aromatic rings. The van der Waals surface area contributed by atoms with Crippen LogP contribution in [0.1, 0.15) is 86.5 Å². The van der Waals surface area contributed by atoms with E-state index in [-0.39, 0.29) is 23.9 Å². The molecule has 0 saturated heterocycles. The number of benzene rings is 2. The van der Waals surface area contributed by atoms with Crippen molar-refractivity contribution in [3.05, 3.63) is 88.2 Å². The van der Waals surface area contributed by atoms with Gasteiger partial charge in [0.25, 0.3) is 5.91 Å². The molecule has 284 valence electrons. The predicted octanol–water partition coefficient (Wildman–Crippen LogP) is 7.33. The fourth-order valence-corrected chi connectivity index (χ4v) is 10.8. The Hall–Kier alpha value is -3.67.